The lowest BCUT2D eigenvalue weighted by Crippen LogP contribution is -2.41. The number of rotatable bonds is 4. The maximum Gasteiger partial charge on any atom is 0.313 e. The average molecular weight is 329 g/mol. The number of carbonyl (C=O) groups excluding carboxylic acids is 2. The van der Waals surface area contributed by atoms with Crippen molar-refractivity contribution in [3.63, 3.8) is 0 Å². The quantitative estimate of drug-likeness (QED) is 0.740. The van der Waals surface area contributed by atoms with Crippen molar-refractivity contribution in [2.24, 2.45) is 5.92 Å². The summed E-state index contributed by atoms with van der Waals surface area (Å²) in [7, 11) is 0. The average Bonchev–Trinajstić information content (AvgIpc) is 3.01. The van der Waals surface area contributed by atoms with Gasteiger partial charge in [-0.15, -0.1) is 0 Å². The molecule has 1 aromatic carbocycles. The molecule has 0 saturated heterocycles. The maximum atomic E-state index is 13.5. The van der Waals surface area contributed by atoms with E-state index in [1.807, 2.05) is 0 Å². The van der Waals surface area contributed by atoms with Crippen LogP contribution in [-0.2, 0) is 9.59 Å². The first-order valence-corrected chi connectivity index (χ1v) is 7.57. The van der Waals surface area contributed by atoms with Crippen molar-refractivity contribution in [3.8, 4) is 0 Å². The highest BCUT2D eigenvalue weighted by atomic mass is 35.5. The van der Waals surface area contributed by atoms with E-state index in [0.717, 1.165) is 31.7 Å². The zero-order chi connectivity index (χ0) is 16.1. The highest BCUT2D eigenvalue weighted by Crippen LogP contribution is 2.27. The summed E-state index contributed by atoms with van der Waals surface area (Å²) < 4.78 is 13.5. The first kappa shape index (κ1) is 16.7. The SMILES string of the molecule is O=C(NCC(O)C1CCCC1)C(=O)Nc1ccc(Cl)cc1F. The molecule has 1 unspecified atom stereocenters. The number of aliphatic hydroxyl groups is 1. The molecule has 22 heavy (non-hydrogen) atoms. The van der Waals surface area contributed by atoms with Crippen LogP contribution in [0.1, 0.15) is 25.7 Å². The van der Waals surface area contributed by atoms with Crippen molar-refractivity contribution >= 4 is 29.1 Å². The molecule has 1 saturated carbocycles. The molecule has 1 aliphatic carbocycles. The second-order valence-electron chi connectivity index (χ2n) is 5.40. The van der Waals surface area contributed by atoms with E-state index in [-0.39, 0.29) is 23.2 Å². The van der Waals surface area contributed by atoms with E-state index < -0.39 is 23.7 Å². The molecule has 120 valence electrons. The first-order valence-electron chi connectivity index (χ1n) is 7.19. The molecule has 0 aliphatic heterocycles. The Morgan fingerprint density at radius 1 is 1.32 bits per heavy atom. The summed E-state index contributed by atoms with van der Waals surface area (Å²) in [6.45, 7) is 0.0139. The van der Waals surface area contributed by atoms with Crippen molar-refractivity contribution < 1.29 is 19.1 Å². The summed E-state index contributed by atoms with van der Waals surface area (Å²) in [4.78, 5) is 23.3. The van der Waals surface area contributed by atoms with E-state index in [0.29, 0.717) is 0 Å². The number of benzene rings is 1. The van der Waals surface area contributed by atoms with E-state index in [2.05, 4.69) is 10.6 Å². The molecular weight excluding hydrogens is 311 g/mol. The Bertz CT molecular complexity index is 562. The summed E-state index contributed by atoms with van der Waals surface area (Å²) in [6.07, 6.45) is 3.35. The molecule has 0 radical (unpaired) electrons. The van der Waals surface area contributed by atoms with E-state index in [9.17, 15) is 19.1 Å². The summed E-state index contributed by atoms with van der Waals surface area (Å²) in [6, 6.07) is 3.72. The molecule has 1 fully saturated rings. The fourth-order valence-electron chi connectivity index (χ4n) is 2.56. The van der Waals surface area contributed by atoms with Gasteiger partial charge in [-0.25, -0.2) is 4.39 Å². The van der Waals surface area contributed by atoms with Crippen molar-refractivity contribution in [3.05, 3.63) is 29.0 Å². The van der Waals surface area contributed by atoms with Gasteiger partial charge in [0.25, 0.3) is 0 Å². The van der Waals surface area contributed by atoms with Gasteiger partial charge in [0.15, 0.2) is 0 Å². The van der Waals surface area contributed by atoms with Crippen LogP contribution >= 0.6 is 11.6 Å². The minimum absolute atomic E-state index is 0.0139. The molecular formula is C15H18ClFN2O3. The monoisotopic (exact) mass is 328 g/mol. The normalized spacial score (nSPS) is 16.3. The van der Waals surface area contributed by atoms with Crippen LogP contribution in [0.2, 0.25) is 5.02 Å². The summed E-state index contributed by atoms with van der Waals surface area (Å²) in [5.74, 6) is -2.46. The number of carbonyl (C=O) groups is 2. The Kier molecular flexibility index (Phi) is 5.74. The molecule has 1 atom stereocenters. The number of hydrogen-bond acceptors (Lipinski definition) is 3. The molecule has 1 aliphatic rings. The third-order valence-electron chi connectivity index (χ3n) is 3.80. The van der Waals surface area contributed by atoms with E-state index in [1.54, 1.807) is 0 Å². The zero-order valence-corrected chi connectivity index (χ0v) is 12.7. The van der Waals surface area contributed by atoms with E-state index >= 15 is 0 Å². The van der Waals surface area contributed by atoms with Gasteiger partial charge < -0.3 is 15.7 Å². The molecule has 0 aromatic heterocycles. The predicted molar refractivity (Wildman–Crippen MR) is 81.0 cm³/mol. The van der Waals surface area contributed by atoms with Crippen LogP contribution < -0.4 is 10.6 Å². The van der Waals surface area contributed by atoms with Gasteiger partial charge in [0.05, 0.1) is 11.8 Å². The number of anilines is 1. The summed E-state index contributed by atoms with van der Waals surface area (Å²) in [5, 5.41) is 14.6. The standard InChI is InChI=1S/C15H18ClFN2O3/c16-10-5-6-12(11(17)7-10)19-15(22)14(21)18-8-13(20)9-3-1-2-4-9/h5-7,9,13,20H,1-4,8H2,(H,18,21)(H,19,22). The van der Waals surface area contributed by atoms with Gasteiger partial charge in [0.2, 0.25) is 0 Å². The lowest BCUT2D eigenvalue weighted by atomic mass is 10.0. The maximum absolute atomic E-state index is 13.5. The van der Waals surface area contributed by atoms with Crippen LogP contribution in [0.3, 0.4) is 0 Å². The van der Waals surface area contributed by atoms with Crippen LogP contribution in [0.15, 0.2) is 18.2 Å². The van der Waals surface area contributed by atoms with Crippen LogP contribution in [0.5, 0.6) is 0 Å². The minimum atomic E-state index is -0.986. The third-order valence-corrected chi connectivity index (χ3v) is 4.04. The van der Waals surface area contributed by atoms with Crippen LogP contribution in [0.4, 0.5) is 10.1 Å². The van der Waals surface area contributed by atoms with Crippen molar-refractivity contribution in [2.45, 2.75) is 31.8 Å². The zero-order valence-electron chi connectivity index (χ0n) is 11.9. The third kappa shape index (κ3) is 4.42. The summed E-state index contributed by atoms with van der Waals surface area (Å²) in [5.41, 5.74) is -0.124. The van der Waals surface area contributed by atoms with Crippen molar-refractivity contribution in [1.29, 1.82) is 0 Å². The first-order chi connectivity index (χ1) is 10.5. The predicted octanol–water partition coefficient (Wildman–Crippen LogP) is 2.08. The molecule has 0 spiro atoms. The van der Waals surface area contributed by atoms with Crippen molar-refractivity contribution in [1.82, 2.24) is 5.32 Å². The molecule has 0 heterocycles. The molecule has 0 bridgehead atoms. The highest BCUT2D eigenvalue weighted by molar-refractivity contribution is 6.39. The Labute approximate surface area is 132 Å². The number of aliphatic hydroxyl groups excluding tert-OH is 1. The van der Waals surface area contributed by atoms with Crippen molar-refractivity contribution in [2.75, 3.05) is 11.9 Å². The van der Waals surface area contributed by atoms with Gasteiger partial charge in [-0.2, -0.15) is 0 Å². The number of nitrogens with one attached hydrogen (secondary N) is 2. The number of halogens is 2. The van der Waals surface area contributed by atoms with Gasteiger partial charge in [-0.3, -0.25) is 9.59 Å². The van der Waals surface area contributed by atoms with Gasteiger partial charge in [0.1, 0.15) is 5.82 Å². The molecule has 3 N–H and O–H groups in total. The number of amides is 2. The minimum Gasteiger partial charge on any atom is -0.391 e. The number of hydrogen-bond donors (Lipinski definition) is 3. The van der Waals surface area contributed by atoms with Crippen LogP contribution in [0.25, 0.3) is 0 Å². The molecule has 5 nitrogen and oxygen atoms in total. The fourth-order valence-corrected chi connectivity index (χ4v) is 2.72. The largest absolute Gasteiger partial charge is 0.391 e. The topological polar surface area (TPSA) is 78.4 Å². The fraction of sp³-hybridized carbons (Fsp3) is 0.467. The lowest BCUT2D eigenvalue weighted by molar-refractivity contribution is -0.136. The Morgan fingerprint density at radius 2 is 2.00 bits per heavy atom. The lowest BCUT2D eigenvalue weighted by Gasteiger charge is -2.17. The van der Waals surface area contributed by atoms with Gasteiger partial charge in [-0.05, 0) is 37.0 Å². The Morgan fingerprint density at radius 3 is 2.64 bits per heavy atom. The van der Waals surface area contributed by atoms with Crippen LogP contribution in [0, 0.1) is 11.7 Å². The van der Waals surface area contributed by atoms with Gasteiger partial charge >= 0.3 is 11.8 Å². The Balaban J connectivity index is 1.82. The molecule has 2 amide bonds. The van der Waals surface area contributed by atoms with E-state index in [1.165, 1.54) is 12.1 Å². The molecule has 2 rings (SSSR count). The second-order valence-corrected chi connectivity index (χ2v) is 5.84. The molecule has 1 aromatic rings. The van der Waals surface area contributed by atoms with Gasteiger partial charge in [0, 0.05) is 11.6 Å². The van der Waals surface area contributed by atoms with Crippen LogP contribution in [-0.4, -0.2) is 29.6 Å². The smallest absolute Gasteiger partial charge is 0.313 e. The summed E-state index contributed by atoms with van der Waals surface area (Å²) >= 11 is 5.60. The Hall–Kier alpha value is -1.66. The van der Waals surface area contributed by atoms with Gasteiger partial charge in [-0.1, -0.05) is 24.4 Å². The van der Waals surface area contributed by atoms with E-state index in [4.69, 9.17) is 11.6 Å². The second kappa shape index (κ2) is 7.56. The highest BCUT2D eigenvalue weighted by Gasteiger charge is 2.24. The molecule has 7 heteroatoms.